The Bertz CT molecular complexity index is 871. The van der Waals surface area contributed by atoms with E-state index in [4.69, 9.17) is 6.42 Å². The van der Waals surface area contributed by atoms with Crippen LogP contribution in [0.5, 0.6) is 0 Å². The zero-order chi connectivity index (χ0) is 21.0. The molecule has 1 aromatic rings. The van der Waals surface area contributed by atoms with Crippen molar-refractivity contribution in [1.82, 2.24) is 20.2 Å². The monoisotopic (exact) mass is 505 g/mol. The molecule has 1 aromatic heterocycles. The van der Waals surface area contributed by atoms with Gasteiger partial charge in [0.1, 0.15) is 0 Å². The van der Waals surface area contributed by atoms with Gasteiger partial charge in [0.15, 0.2) is 0 Å². The second kappa shape index (κ2) is 9.87. The lowest BCUT2D eigenvalue weighted by atomic mass is 9.50. The van der Waals surface area contributed by atoms with Crippen molar-refractivity contribution in [2.75, 3.05) is 18.4 Å². The van der Waals surface area contributed by atoms with Crippen LogP contribution in [0.15, 0.2) is 18.5 Å². The van der Waals surface area contributed by atoms with Crippen LogP contribution in [0.1, 0.15) is 44.9 Å². The fourth-order valence-corrected chi connectivity index (χ4v) is 6.81. The van der Waals surface area contributed by atoms with Gasteiger partial charge in [-0.15, -0.1) is 31.2 Å². The van der Waals surface area contributed by atoms with Crippen LogP contribution in [-0.2, 0) is 4.79 Å². The maximum absolute atomic E-state index is 13.8. The number of nitrogens with zero attached hydrogens (tertiary/aromatic N) is 3. The van der Waals surface area contributed by atoms with Gasteiger partial charge in [-0.3, -0.25) is 4.79 Å². The van der Waals surface area contributed by atoms with E-state index >= 15 is 0 Å². The Kier molecular flexibility index (Phi) is 8.23. The molecule has 4 bridgehead atoms. The van der Waals surface area contributed by atoms with Crippen LogP contribution in [0.25, 0.3) is 0 Å². The number of hydrogen-bond donors (Lipinski definition) is 2. The molecule has 0 radical (unpaired) electrons. The van der Waals surface area contributed by atoms with Crippen LogP contribution in [0.3, 0.4) is 0 Å². The van der Waals surface area contributed by atoms with E-state index in [9.17, 15) is 13.6 Å². The summed E-state index contributed by atoms with van der Waals surface area (Å²) in [4.78, 5) is 22.6. The molecule has 1 amide bonds. The molecule has 3 atom stereocenters. The lowest BCUT2D eigenvalue weighted by Crippen LogP contribution is -2.67. The fourth-order valence-electron chi connectivity index (χ4n) is 6.81. The first-order valence-electron chi connectivity index (χ1n) is 10.7. The van der Waals surface area contributed by atoms with Gasteiger partial charge in [-0.25, -0.2) is 18.7 Å². The number of rotatable bonds is 5. The summed E-state index contributed by atoms with van der Waals surface area (Å²) in [5.74, 6) is 0.918. The van der Waals surface area contributed by atoms with Gasteiger partial charge in [-0.2, -0.15) is 0 Å². The maximum Gasteiger partial charge on any atom is 0.268 e. The van der Waals surface area contributed by atoms with Crippen molar-refractivity contribution >= 4 is 36.7 Å². The van der Waals surface area contributed by atoms with E-state index in [-0.39, 0.29) is 53.8 Å². The third-order valence-electron chi connectivity index (χ3n) is 7.40. The first-order valence-corrected chi connectivity index (χ1v) is 10.7. The van der Waals surface area contributed by atoms with E-state index in [2.05, 4.69) is 26.5 Å². The molecular formula is C22H31Cl2F2N5O2. The Morgan fingerprint density at radius 3 is 2.33 bits per heavy atom. The van der Waals surface area contributed by atoms with Crippen LogP contribution < -0.4 is 10.6 Å². The lowest BCUT2D eigenvalue weighted by molar-refractivity contribution is -0.132. The van der Waals surface area contributed by atoms with E-state index in [1.807, 2.05) is 0 Å². The maximum atomic E-state index is 13.8. The van der Waals surface area contributed by atoms with E-state index in [0.717, 1.165) is 32.1 Å². The van der Waals surface area contributed by atoms with Gasteiger partial charge >= 0.3 is 0 Å². The highest BCUT2D eigenvalue weighted by Gasteiger charge is 2.58. The molecule has 5 fully saturated rings. The van der Waals surface area contributed by atoms with Gasteiger partial charge < -0.3 is 21.0 Å². The molecule has 33 heavy (non-hydrogen) atoms. The van der Waals surface area contributed by atoms with E-state index in [1.165, 1.54) is 11.3 Å². The van der Waals surface area contributed by atoms with Crippen LogP contribution in [-0.4, -0.2) is 62.4 Å². The Balaban J connectivity index is 0.00000128. The Morgan fingerprint density at radius 1 is 1.12 bits per heavy atom. The van der Waals surface area contributed by atoms with Crippen molar-refractivity contribution < 1.29 is 19.1 Å². The number of alkyl halides is 2. The molecule has 1 aliphatic heterocycles. The fraction of sp³-hybridized carbons (Fsp3) is 0.682. The SMILES string of the molecule is C#C[C@@H]1CC(F)(F)CN1C(=O)CNC12CC3CC(C1)CC(Nc1ncccn1)(C3)C2.Cl.Cl.O. The van der Waals surface area contributed by atoms with Gasteiger partial charge in [-0.1, -0.05) is 5.92 Å². The first-order chi connectivity index (χ1) is 14.3. The van der Waals surface area contributed by atoms with Crippen molar-refractivity contribution in [1.29, 1.82) is 0 Å². The summed E-state index contributed by atoms with van der Waals surface area (Å²) >= 11 is 0. The summed E-state index contributed by atoms with van der Waals surface area (Å²) in [5.41, 5.74) is -0.237. The summed E-state index contributed by atoms with van der Waals surface area (Å²) in [6, 6.07) is 0.971. The molecule has 184 valence electrons. The van der Waals surface area contributed by atoms with Gasteiger partial charge in [0.25, 0.3) is 5.92 Å². The average molecular weight is 506 g/mol. The van der Waals surface area contributed by atoms with Gasteiger partial charge in [0.05, 0.1) is 19.1 Å². The second-order valence-corrected chi connectivity index (χ2v) is 9.84. The molecule has 7 nitrogen and oxygen atoms in total. The Morgan fingerprint density at radius 2 is 1.73 bits per heavy atom. The third-order valence-corrected chi connectivity index (χ3v) is 7.40. The normalized spacial score (nSPS) is 34.9. The largest absolute Gasteiger partial charge is 0.412 e. The molecule has 2 unspecified atom stereocenters. The summed E-state index contributed by atoms with van der Waals surface area (Å²) in [5, 5.41) is 7.10. The Labute approximate surface area is 205 Å². The number of halogens is 4. The highest BCUT2D eigenvalue weighted by molar-refractivity contribution is 5.85. The minimum Gasteiger partial charge on any atom is -0.412 e. The summed E-state index contributed by atoms with van der Waals surface area (Å²) in [6.45, 7) is -0.539. The molecule has 4 aliphatic carbocycles. The number of carbonyl (C=O) groups is 1. The van der Waals surface area contributed by atoms with E-state index < -0.39 is 24.9 Å². The van der Waals surface area contributed by atoms with Gasteiger partial charge in [-0.05, 0) is 56.4 Å². The molecule has 0 aromatic carbocycles. The Hall–Kier alpha value is -1.73. The number of nitrogens with one attached hydrogen (secondary N) is 2. The first kappa shape index (κ1) is 27.5. The minimum absolute atomic E-state index is 0. The smallest absolute Gasteiger partial charge is 0.268 e. The quantitative estimate of drug-likeness (QED) is 0.598. The molecule has 0 spiro atoms. The van der Waals surface area contributed by atoms with Crippen LogP contribution >= 0.6 is 24.8 Å². The van der Waals surface area contributed by atoms with Crippen LogP contribution in [0.2, 0.25) is 0 Å². The average Bonchev–Trinajstić information content (AvgIpc) is 3.00. The number of anilines is 1. The minimum atomic E-state index is -2.91. The van der Waals surface area contributed by atoms with Crippen molar-refractivity contribution in [3.8, 4) is 12.3 Å². The van der Waals surface area contributed by atoms with Crippen molar-refractivity contribution in [3.05, 3.63) is 18.5 Å². The summed E-state index contributed by atoms with van der Waals surface area (Å²) in [7, 11) is 0. The molecule has 4 N–H and O–H groups in total. The highest BCUT2D eigenvalue weighted by Crippen LogP contribution is 2.58. The number of hydrogen-bond acceptors (Lipinski definition) is 5. The number of likely N-dealkylation sites (tertiary alicyclic amines) is 1. The third kappa shape index (κ3) is 5.35. The summed E-state index contributed by atoms with van der Waals surface area (Å²) in [6.07, 6.45) is 14.7. The number of amides is 1. The van der Waals surface area contributed by atoms with Crippen molar-refractivity contribution in [3.63, 3.8) is 0 Å². The van der Waals surface area contributed by atoms with E-state index in [0.29, 0.717) is 17.8 Å². The molecule has 6 rings (SSSR count). The molecule has 1 saturated heterocycles. The second-order valence-electron chi connectivity index (χ2n) is 9.84. The van der Waals surface area contributed by atoms with Crippen LogP contribution in [0, 0.1) is 24.2 Å². The summed E-state index contributed by atoms with van der Waals surface area (Å²) < 4.78 is 27.5. The topological polar surface area (TPSA) is 102 Å². The van der Waals surface area contributed by atoms with Crippen LogP contribution in [0.4, 0.5) is 14.7 Å². The zero-order valence-corrected chi connectivity index (χ0v) is 19.9. The van der Waals surface area contributed by atoms with Gasteiger partial charge in [0, 0.05) is 29.9 Å². The zero-order valence-electron chi connectivity index (χ0n) is 18.2. The molecular weight excluding hydrogens is 475 g/mol. The number of terminal acetylenes is 1. The highest BCUT2D eigenvalue weighted by atomic mass is 35.5. The van der Waals surface area contributed by atoms with Gasteiger partial charge in [0.2, 0.25) is 11.9 Å². The predicted octanol–water partition coefficient (Wildman–Crippen LogP) is 2.46. The molecule has 2 heterocycles. The van der Waals surface area contributed by atoms with Crippen molar-refractivity contribution in [2.45, 2.75) is 68.0 Å². The van der Waals surface area contributed by atoms with E-state index in [1.54, 1.807) is 18.5 Å². The lowest BCUT2D eigenvalue weighted by Gasteiger charge is -2.62. The number of carbonyl (C=O) groups excluding carboxylic acids is 1. The molecule has 4 saturated carbocycles. The predicted molar refractivity (Wildman–Crippen MR) is 126 cm³/mol. The standard InChI is InChI=1S/C22H27F2N5O.2ClH.H2O/c1-2-17-11-22(23,24)14-29(17)18(30)12-27-20-7-15-6-16(8-20)10-21(9-15,13-20)28-19-25-4-3-5-26-19;;;/h1,3-5,15-17,27H,6-14H2,(H,25,26,28);2*1H;1H2/t15?,16?,17-,20?,21?;;;/m1.../s1. The number of aromatic nitrogens is 2. The molecule has 5 aliphatic rings. The van der Waals surface area contributed by atoms with Crippen molar-refractivity contribution in [2.24, 2.45) is 11.8 Å². The molecule has 11 heteroatoms.